The molecule has 0 bridgehead atoms. The van der Waals surface area contributed by atoms with Gasteiger partial charge >= 0.3 is 0 Å². The maximum absolute atomic E-state index is 12.2. The van der Waals surface area contributed by atoms with Crippen molar-refractivity contribution in [3.63, 3.8) is 0 Å². The van der Waals surface area contributed by atoms with Crippen LogP contribution in [0, 0.1) is 0 Å². The molecule has 0 fully saturated rings. The molecule has 2 amide bonds. The van der Waals surface area contributed by atoms with Crippen molar-refractivity contribution >= 4 is 11.8 Å². The molecule has 0 aliphatic heterocycles. The Balaban J connectivity index is 1.67. The Kier molecular flexibility index (Phi) is 4.33. The Bertz CT molecular complexity index is 873. The smallest absolute Gasteiger partial charge is 0.269 e. The van der Waals surface area contributed by atoms with Crippen LogP contribution in [-0.4, -0.2) is 27.0 Å². The van der Waals surface area contributed by atoms with Crippen LogP contribution < -0.4 is 11.1 Å². The summed E-state index contributed by atoms with van der Waals surface area (Å²) in [6.45, 7) is 0.281. The molecule has 3 aromatic rings. The number of pyridine rings is 1. The minimum Gasteiger partial charge on any atom is -0.366 e. The Morgan fingerprint density at radius 2 is 1.92 bits per heavy atom. The second-order valence-corrected chi connectivity index (χ2v) is 5.15. The fourth-order valence-electron chi connectivity index (χ4n) is 2.22. The molecule has 4 N–H and O–H groups in total. The van der Waals surface area contributed by atoms with Crippen LogP contribution in [0.4, 0.5) is 0 Å². The number of H-pyrrole nitrogens is 1. The predicted molar refractivity (Wildman–Crippen MR) is 87.9 cm³/mol. The summed E-state index contributed by atoms with van der Waals surface area (Å²) in [6, 6.07) is 12.1. The van der Waals surface area contributed by atoms with Crippen molar-refractivity contribution in [2.24, 2.45) is 5.73 Å². The van der Waals surface area contributed by atoms with Crippen molar-refractivity contribution in [1.29, 1.82) is 0 Å². The molecule has 0 unspecified atom stereocenters. The molecular weight excluding hydrogens is 306 g/mol. The van der Waals surface area contributed by atoms with Gasteiger partial charge in [-0.3, -0.25) is 19.7 Å². The van der Waals surface area contributed by atoms with Gasteiger partial charge in [-0.05, 0) is 35.9 Å². The first-order valence-electron chi connectivity index (χ1n) is 7.26. The van der Waals surface area contributed by atoms with E-state index in [2.05, 4.69) is 20.5 Å². The summed E-state index contributed by atoms with van der Waals surface area (Å²) in [5.74, 6) is -0.786. The van der Waals surface area contributed by atoms with Gasteiger partial charge < -0.3 is 11.1 Å². The SMILES string of the molecule is NC(=O)c1cccc(CNC(=O)c2cc(-c3ccncc3)n[nH]2)c1. The molecule has 0 atom stereocenters. The first-order chi connectivity index (χ1) is 11.6. The number of primary amides is 1. The Hall–Kier alpha value is -3.48. The number of carbonyl (C=O) groups excluding carboxylic acids is 2. The van der Waals surface area contributed by atoms with Crippen molar-refractivity contribution in [2.45, 2.75) is 6.54 Å². The molecule has 0 radical (unpaired) electrons. The van der Waals surface area contributed by atoms with Gasteiger partial charge in [-0.15, -0.1) is 0 Å². The van der Waals surface area contributed by atoms with Crippen LogP contribution in [0.3, 0.4) is 0 Å². The van der Waals surface area contributed by atoms with E-state index in [1.54, 1.807) is 36.7 Å². The molecule has 120 valence electrons. The van der Waals surface area contributed by atoms with E-state index in [4.69, 9.17) is 5.73 Å². The first kappa shape index (κ1) is 15.4. The van der Waals surface area contributed by atoms with E-state index < -0.39 is 5.91 Å². The molecule has 2 heterocycles. The van der Waals surface area contributed by atoms with Gasteiger partial charge in [-0.2, -0.15) is 5.10 Å². The van der Waals surface area contributed by atoms with Crippen molar-refractivity contribution in [3.8, 4) is 11.3 Å². The number of aromatic nitrogens is 3. The standard InChI is InChI=1S/C17H15N5O2/c18-16(23)13-3-1-2-11(8-13)10-20-17(24)15-9-14(21-22-15)12-4-6-19-7-5-12/h1-9H,10H2,(H2,18,23)(H,20,24)(H,21,22). The van der Waals surface area contributed by atoms with Crippen LogP contribution >= 0.6 is 0 Å². The van der Waals surface area contributed by atoms with Gasteiger partial charge in [0.05, 0.1) is 5.69 Å². The monoisotopic (exact) mass is 321 g/mol. The van der Waals surface area contributed by atoms with Crippen LogP contribution in [0.1, 0.15) is 26.4 Å². The van der Waals surface area contributed by atoms with E-state index in [0.717, 1.165) is 11.1 Å². The maximum Gasteiger partial charge on any atom is 0.269 e. The molecule has 3 rings (SSSR count). The van der Waals surface area contributed by atoms with Gasteiger partial charge in [0.1, 0.15) is 5.69 Å². The van der Waals surface area contributed by atoms with E-state index in [9.17, 15) is 9.59 Å². The molecule has 0 saturated heterocycles. The zero-order valence-electron chi connectivity index (χ0n) is 12.7. The number of nitrogens with two attached hydrogens (primary N) is 1. The van der Waals surface area contributed by atoms with E-state index in [1.807, 2.05) is 18.2 Å². The summed E-state index contributed by atoms with van der Waals surface area (Å²) < 4.78 is 0. The van der Waals surface area contributed by atoms with Gasteiger partial charge in [0, 0.05) is 30.1 Å². The molecule has 0 aliphatic carbocycles. The molecule has 7 heteroatoms. The van der Waals surface area contributed by atoms with Gasteiger partial charge in [-0.25, -0.2) is 0 Å². The summed E-state index contributed by atoms with van der Waals surface area (Å²) in [7, 11) is 0. The van der Waals surface area contributed by atoms with Crippen LogP contribution in [-0.2, 0) is 6.54 Å². The number of benzene rings is 1. The van der Waals surface area contributed by atoms with Gasteiger partial charge in [0.15, 0.2) is 0 Å². The number of aromatic amines is 1. The molecule has 24 heavy (non-hydrogen) atoms. The molecular formula is C17H15N5O2. The molecule has 1 aromatic carbocycles. The summed E-state index contributed by atoms with van der Waals surface area (Å²) in [6.07, 6.45) is 3.32. The highest BCUT2D eigenvalue weighted by atomic mass is 16.2. The lowest BCUT2D eigenvalue weighted by molar-refractivity contribution is 0.0945. The number of amides is 2. The lowest BCUT2D eigenvalue weighted by Gasteiger charge is -2.05. The van der Waals surface area contributed by atoms with E-state index in [-0.39, 0.29) is 12.5 Å². The Morgan fingerprint density at radius 3 is 2.67 bits per heavy atom. The third-order valence-corrected chi connectivity index (χ3v) is 3.46. The highest BCUT2D eigenvalue weighted by Gasteiger charge is 2.11. The van der Waals surface area contributed by atoms with Crippen molar-refractivity contribution in [2.75, 3.05) is 0 Å². The van der Waals surface area contributed by atoms with E-state index in [0.29, 0.717) is 17.0 Å². The van der Waals surface area contributed by atoms with Gasteiger partial charge in [-0.1, -0.05) is 12.1 Å². The van der Waals surface area contributed by atoms with Crippen LogP contribution in [0.2, 0.25) is 0 Å². The minimum atomic E-state index is -0.501. The molecule has 2 aromatic heterocycles. The first-order valence-corrected chi connectivity index (χ1v) is 7.26. The fourth-order valence-corrected chi connectivity index (χ4v) is 2.22. The number of nitrogens with zero attached hydrogens (tertiary/aromatic N) is 2. The zero-order valence-corrected chi connectivity index (χ0v) is 12.7. The lowest BCUT2D eigenvalue weighted by atomic mass is 10.1. The fraction of sp³-hybridized carbons (Fsp3) is 0.0588. The third-order valence-electron chi connectivity index (χ3n) is 3.46. The number of hydrogen-bond acceptors (Lipinski definition) is 4. The molecule has 7 nitrogen and oxygen atoms in total. The maximum atomic E-state index is 12.2. The summed E-state index contributed by atoms with van der Waals surface area (Å²) in [4.78, 5) is 27.3. The largest absolute Gasteiger partial charge is 0.366 e. The topological polar surface area (TPSA) is 114 Å². The Labute approximate surface area is 137 Å². The van der Waals surface area contributed by atoms with Crippen molar-refractivity contribution in [1.82, 2.24) is 20.5 Å². The van der Waals surface area contributed by atoms with Gasteiger partial charge in [0.25, 0.3) is 5.91 Å². The van der Waals surface area contributed by atoms with Crippen molar-refractivity contribution < 1.29 is 9.59 Å². The molecule has 0 saturated carbocycles. The average Bonchev–Trinajstić information content (AvgIpc) is 3.11. The summed E-state index contributed by atoms with van der Waals surface area (Å²) in [5.41, 5.74) is 8.32. The predicted octanol–water partition coefficient (Wildman–Crippen LogP) is 1.50. The normalized spacial score (nSPS) is 10.3. The van der Waals surface area contributed by atoms with Gasteiger partial charge in [0.2, 0.25) is 5.91 Å². The summed E-state index contributed by atoms with van der Waals surface area (Å²) in [5, 5.41) is 9.61. The average molecular weight is 321 g/mol. The zero-order chi connectivity index (χ0) is 16.9. The van der Waals surface area contributed by atoms with Crippen LogP contribution in [0.25, 0.3) is 11.3 Å². The Morgan fingerprint density at radius 1 is 1.12 bits per heavy atom. The lowest BCUT2D eigenvalue weighted by Crippen LogP contribution is -2.23. The van der Waals surface area contributed by atoms with E-state index in [1.165, 1.54) is 0 Å². The van der Waals surface area contributed by atoms with Crippen molar-refractivity contribution in [3.05, 3.63) is 71.7 Å². The quantitative estimate of drug-likeness (QED) is 0.660. The third kappa shape index (κ3) is 3.46. The number of rotatable bonds is 5. The number of hydrogen-bond donors (Lipinski definition) is 3. The second-order valence-electron chi connectivity index (χ2n) is 5.15. The number of nitrogens with one attached hydrogen (secondary N) is 2. The minimum absolute atomic E-state index is 0.281. The van der Waals surface area contributed by atoms with Crippen LogP contribution in [0.15, 0.2) is 54.9 Å². The highest BCUT2D eigenvalue weighted by molar-refractivity contribution is 5.94. The van der Waals surface area contributed by atoms with E-state index >= 15 is 0 Å². The van der Waals surface area contributed by atoms with Crippen LogP contribution in [0.5, 0.6) is 0 Å². The second kappa shape index (κ2) is 6.74. The summed E-state index contributed by atoms with van der Waals surface area (Å²) >= 11 is 0. The number of carbonyl (C=O) groups is 2. The highest BCUT2D eigenvalue weighted by Crippen LogP contribution is 2.16. The molecule has 0 spiro atoms. The molecule has 0 aliphatic rings.